The van der Waals surface area contributed by atoms with Gasteiger partial charge in [0.05, 0.1) is 25.2 Å². The highest BCUT2D eigenvalue weighted by Gasteiger charge is 2.24. The molecule has 0 aliphatic carbocycles. The Morgan fingerprint density at radius 3 is 1.29 bits per heavy atom. The molecule has 0 aromatic heterocycles. The molecule has 1 amide bonds. The Labute approximate surface area is 385 Å². The molecule has 0 saturated heterocycles. The summed E-state index contributed by atoms with van der Waals surface area (Å²) in [4.78, 5) is 26.2. The van der Waals surface area contributed by atoms with Crippen molar-refractivity contribution in [1.82, 2.24) is 5.32 Å². The normalized spacial score (nSPS) is 13.6. The van der Waals surface area contributed by atoms with Gasteiger partial charge in [-0.15, -0.1) is 0 Å². The molecule has 3 N–H and O–H groups in total. The van der Waals surface area contributed by atoms with E-state index in [2.05, 4.69) is 74.7 Å². The van der Waals surface area contributed by atoms with Gasteiger partial charge in [0.15, 0.2) is 0 Å². The number of amides is 1. The highest BCUT2D eigenvalue weighted by molar-refractivity contribution is 5.77. The van der Waals surface area contributed by atoms with Crippen LogP contribution in [0.1, 0.15) is 271 Å². The number of aliphatic hydroxyl groups excluding tert-OH is 2. The van der Waals surface area contributed by atoms with Crippen molar-refractivity contribution in [1.29, 1.82) is 0 Å². The Balaban J connectivity index is 4.63. The van der Waals surface area contributed by atoms with Gasteiger partial charge < -0.3 is 20.3 Å². The predicted octanol–water partition coefficient (Wildman–Crippen LogP) is 16.2. The third kappa shape index (κ3) is 44.4. The number of nitrogens with one attached hydrogen (secondary N) is 1. The van der Waals surface area contributed by atoms with Gasteiger partial charge >= 0.3 is 5.97 Å². The van der Waals surface area contributed by atoms with Crippen LogP contribution in [0.15, 0.2) is 48.6 Å². The fourth-order valence-electron chi connectivity index (χ4n) is 8.02. The van der Waals surface area contributed by atoms with Crippen molar-refractivity contribution in [2.24, 2.45) is 0 Å². The standard InChI is InChI=1S/C56H103NO5/c1-4-7-10-13-16-19-22-24-26-28-29-31-33-35-38-41-44-47-52(50-55(60)57-53(51-58)54(59)48-45-42-39-36-21-18-15-12-9-6-3)62-56(61)49-46-43-40-37-34-32-30-27-25-23-20-17-14-11-8-5-2/h16,19,24,26-27,29-31,52-54,58-59H,4-15,17-18,20-23,25,28,32-51H2,1-3H3,(H,57,60)/b19-16-,26-24-,30-27+,31-29-. The Kier molecular flexibility index (Phi) is 48.1. The maximum absolute atomic E-state index is 13.2. The Morgan fingerprint density at radius 1 is 0.468 bits per heavy atom. The second kappa shape index (κ2) is 49.8. The fourth-order valence-corrected chi connectivity index (χ4v) is 8.02. The third-order valence-electron chi connectivity index (χ3n) is 12.1. The second-order valence-corrected chi connectivity index (χ2v) is 18.3. The maximum atomic E-state index is 13.2. The van der Waals surface area contributed by atoms with Crippen LogP contribution in [0.3, 0.4) is 0 Å². The molecule has 362 valence electrons. The lowest BCUT2D eigenvalue weighted by atomic mass is 10.0. The summed E-state index contributed by atoms with van der Waals surface area (Å²) >= 11 is 0. The van der Waals surface area contributed by atoms with Crippen LogP contribution >= 0.6 is 0 Å². The van der Waals surface area contributed by atoms with E-state index in [-0.39, 0.29) is 24.9 Å². The molecule has 0 bridgehead atoms. The largest absolute Gasteiger partial charge is 0.462 e. The van der Waals surface area contributed by atoms with Crippen LogP contribution in [0.2, 0.25) is 0 Å². The fraction of sp³-hybridized carbons (Fsp3) is 0.821. The molecule has 6 heteroatoms. The summed E-state index contributed by atoms with van der Waals surface area (Å²) in [6, 6.07) is -0.710. The van der Waals surface area contributed by atoms with E-state index in [1.165, 1.54) is 135 Å². The third-order valence-corrected chi connectivity index (χ3v) is 12.1. The van der Waals surface area contributed by atoms with Gasteiger partial charge in [-0.3, -0.25) is 9.59 Å². The average molecular weight is 870 g/mol. The molecule has 0 aliphatic rings. The van der Waals surface area contributed by atoms with Crippen LogP contribution in [-0.4, -0.2) is 46.9 Å². The van der Waals surface area contributed by atoms with E-state index in [4.69, 9.17) is 4.74 Å². The first-order valence-corrected chi connectivity index (χ1v) is 26.9. The highest BCUT2D eigenvalue weighted by Crippen LogP contribution is 2.17. The number of carbonyl (C=O) groups is 2. The summed E-state index contributed by atoms with van der Waals surface area (Å²) in [7, 11) is 0. The van der Waals surface area contributed by atoms with Gasteiger partial charge in [0.2, 0.25) is 5.91 Å². The number of unbranched alkanes of at least 4 members (excludes halogenated alkanes) is 28. The van der Waals surface area contributed by atoms with Crippen molar-refractivity contribution < 1.29 is 24.5 Å². The van der Waals surface area contributed by atoms with Gasteiger partial charge in [-0.25, -0.2) is 0 Å². The van der Waals surface area contributed by atoms with Crippen molar-refractivity contribution in [3.8, 4) is 0 Å². The molecule has 0 spiro atoms. The van der Waals surface area contributed by atoms with Crippen molar-refractivity contribution in [3.63, 3.8) is 0 Å². The van der Waals surface area contributed by atoms with Gasteiger partial charge in [0, 0.05) is 6.42 Å². The molecule has 0 aromatic carbocycles. The Bertz CT molecular complexity index is 1070. The lowest BCUT2D eigenvalue weighted by molar-refractivity contribution is -0.151. The van der Waals surface area contributed by atoms with Crippen molar-refractivity contribution in [2.75, 3.05) is 6.61 Å². The van der Waals surface area contributed by atoms with Gasteiger partial charge in [-0.2, -0.15) is 0 Å². The van der Waals surface area contributed by atoms with Gasteiger partial charge in [0.1, 0.15) is 6.10 Å². The van der Waals surface area contributed by atoms with Crippen LogP contribution in [0.4, 0.5) is 0 Å². The van der Waals surface area contributed by atoms with Crippen molar-refractivity contribution in [3.05, 3.63) is 48.6 Å². The number of allylic oxidation sites excluding steroid dienone is 8. The first kappa shape index (κ1) is 59.8. The Morgan fingerprint density at radius 2 is 0.823 bits per heavy atom. The lowest BCUT2D eigenvalue weighted by Crippen LogP contribution is -2.46. The maximum Gasteiger partial charge on any atom is 0.306 e. The van der Waals surface area contributed by atoms with Crippen LogP contribution < -0.4 is 5.32 Å². The number of ether oxygens (including phenoxy) is 1. The van der Waals surface area contributed by atoms with Crippen LogP contribution in [0.25, 0.3) is 0 Å². The molecular formula is C56H103NO5. The SMILES string of the molecule is CCCCC/C=C\C/C=C\C/C=C\CCCCCCC(CC(=O)NC(CO)C(O)CCCCCCCCCCCC)OC(=O)CCCCCCC/C=C/CCCCCCCCC. The zero-order valence-corrected chi connectivity index (χ0v) is 41.3. The number of aliphatic hydroxyl groups is 2. The van der Waals surface area contributed by atoms with E-state index in [9.17, 15) is 19.8 Å². The van der Waals surface area contributed by atoms with Gasteiger partial charge in [-0.1, -0.05) is 217 Å². The molecule has 0 aliphatic heterocycles. The summed E-state index contributed by atoms with van der Waals surface area (Å²) in [6.45, 7) is 6.44. The molecular weight excluding hydrogens is 767 g/mol. The molecule has 6 nitrogen and oxygen atoms in total. The quantitative estimate of drug-likeness (QED) is 0.0322. The lowest BCUT2D eigenvalue weighted by Gasteiger charge is -2.24. The topological polar surface area (TPSA) is 95.9 Å². The molecule has 3 unspecified atom stereocenters. The molecule has 0 heterocycles. The zero-order valence-electron chi connectivity index (χ0n) is 41.3. The minimum absolute atomic E-state index is 0.0601. The summed E-state index contributed by atoms with van der Waals surface area (Å²) in [5.74, 6) is -0.499. The molecule has 0 fully saturated rings. The molecule has 0 saturated carbocycles. The number of carbonyl (C=O) groups excluding carboxylic acids is 2. The Hall–Kier alpha value is -2.18. The minimum atomic E-state index is -0.794. The van der Waals surface area contributed by atoms with E-state index >= 15 is 0 Å². The predicted molar refractivity (Wildman–Crippen MR) is 269 cm³/mol. The zero-order chi connectivity index (χ0) is 45.2. The number of esters is 1. The summed E-state index contributed by atoms with van der Waals surface area (Å²) in [6.07, 6.45) is 60.3. The highest BCUT2D eigenvalue weighted by atomic mass is 16.5. The molecule has 0 rings (SSSR count). The first-order valence-electron chi connectivity index (χ1n) is 26.9. The molecule has 3 atom stereocenters. The first-order chi connectivity index (χ1) is 30.5. The van der Waals surface area contributed by atoms with Crippen molar-refractivity contribution in [2.45, 2.75) is 289 Å². The summed E-state index contributed by atoms with van der Waals surface area (Å²) < 4.78 is 5.93. The smallest absolute Gasteiger partial charge is 0.306 e. The van der Waals surface area contributed by atoms with Gasteiger partial charge in [-0.05, 0) is 89.9 Å². The summed E-state index contributed by atoms with van der Waals surface area (Å²) in [5.41, 5.74) is 0. The van der Waals surface area contributed by atoms with Crippen LogP contribution in [0.5, 0.6) is 0 Å². The van der Waals surface area contributed by atoms with E-state index in [1.807, 2.05) is 0 Å². The van der Waals surface area contributed by atoms with Crippen molar-refractivity contribution >= 4 is 11.9 Å². The minimum Gasteiger partial charge on any atom is -0.462 e. The van der Waals surface area contributed by atoms with E-state index in [0.29, 0.717) is 19.3 Å². The van der Waals surface area contributed by atoms with Crippen LogP contribution in [0, 0.1) is 0 Å². The molecule has 62 heavy (non-hydrogen) atoms. The number of hydrogen-bond donors (Lipinski definition) is 3. The average Bonchev–Trinajstić information content (AvgIpc) is 3.26. The van der Waals surface area contributed by atoms with E-state index in [1.54, 1.807) is 0 Å². The number of rotatable bonds is 48. The monoisotopic (exact) mass is 870 g/mol. The molecule has 0 aromatic rings. The molecule has 0 radical (unpaired) electrons. The summed E-state index contributed by atoms with van der Waals surface area (Å²) in [5, 5.41) is 23.7. The van der Waals surface area contributed by atoms with Crippen LogP contribution in [-0.2, 0) is 14.3 Å². The number of hydrogen-bond acceptors (Lipinski definition) is 5. The van der Waals surface area contributed by atoms with E-state index in [0.717, 1.165) is 89.9 Å². The second-order valence-electron chi connectivity index (χ2n) is 18.3. The van der Waals surface area contributed by atoms with E-state index < -0.39 is 18.2 Å². The van der Waals surface area contributed by atoms with Gasteiger partial charge in [0.25, 0.3) is 0 Å².